The van der Waals surface area contributed by atoms with Crippen molar-refractivity contribution in [3.63, 3.8) is 0 Å². The van der Waals surface area contributed by atoms with Crippen molar-refractivity contribution in [2.45, 2.75) is 45.1 Å². The van der Waals surface area contributed by atoms with Gasteiger partial charge in [-0.05, 0) is 50.0 Å². The van der Waals surface area contributed by atoms with E-state index in [2.05, 4.69) is 0 Å². The normalized spacial score (nSPS) is 29.2. The molecule has 2 saturated heterocycles. The van der Waals surface area contributed by atoms with E-state index in [4.69, 9.17) is 5.11 Å². The van der Waals surface area contributed by atoms with Gasteiger partial charge in [-0.3, -0.25) is 9.59 Å². The largest absolute Gasteiger partial charge is 0.481 e. The highest BCUT2D eigenvalue weighted by molar-refractivity contribution is 7.99. The zero-order valence-corrected chi connectivity index (χ0v) is 12.3. The second-order valence-corrected chi connectivity index (χ2v) is 6.98. The summed E-state index contributed by atoms with van der Waals surface area (Å²) < 4.78 is 0. The van der Waals surface area contributed by atoms with Gasteiger partial charge in [0, 0.05) is 19.0 Å². The van der Waals surface area contributed by atoms with Gasteiger partial charge in [0.05, 0.1) is 5.92 Å². The number of aliphatic carboxylic acids is 1. The summed E-state index contributed by atoms with van der Waals surface area (Å²) in [6.45, 7) is 2.59. The van der Waals surface area contributed by atoms with E-state index < -0.39 is 5.97 Å². The standard InChI is InChI=1S/C14H23NO3S/c1-10-8-12(14(17)18)2-5-15(10)13(16)9-11-3-6-19-7-4-11/h10-12H,2-9H2,1H3,(H,17,18). The van der Waals surface area contributed by atoms with E-state index in [0.29, 0.717) is 31.7 Å². The topological polar surface area (TPSA) is 57.6 Å². The number of thioether (sulfide) groups is 1. The van der Waals surface area contributed by atoms with Crippen molar-refractivity contribution >= 4 is 23.6 Å². The molecule has 2 unspecified atom stereocenters. The first kappa shape index (κ1) is 14.7. The smallest absolute Gasteiger partial charge is 0.306 e. The van der Waals surface area contributed by atoms with Crippen LogP contribution in [0.1, 0.15) is 39.0 Å². The van der Waals surface area contributed by atoms with Crippen molar-refractivity contribution < 1.29 is 14.7 Å². The van der Waals surface area contributed by atoms with Gasteiger partial charge in [-0.15, -0.1) is 0 Å². The molecule has 1 N–H and O–H groups in total. The number of amides is 1. The molecule has 2 fully saturated rings. The molecule has 0 aromatic rings. The minimum Gasteiger partial charge on any atom is -0.481 e. The molecule has 0 aliphatic carbocycles. The summed E-state index contributed by atoms with van der Waals surface area (Å²) >= 11 is 1.98. The number of piperidine rings is 1. The van der Waals surface area contributed by atoms with Crippen LogP contribution < -0.4 is 0 Å². The van der Waals surface area contributed by atoms with E-state index in [0.717, 1.165) is 12.8 Å². The van der Waals surface area contributed by atoms with E-state index in [1.54, 1.807) is 0 Å². The Kier molecular flexibility index (Phi) is 5.13. The Labute approximate surface area is 118 Å². The van der Waals surface area contributed by atoms with Crippen molar-refractivity contribution in [3.05, 3.63) is 0 Å². The van der Waals surface area contributed by atoms with Crippen LogP contribution >= 0.6 is 11.8 Å². The number of hydrogen-bond acceptors (Lipinski definition) is 3. The number of carbonyl (C=O) groups excluding carboxylic acids is 1. The summed E-state index contributed by atoms with van der Waals surface area (Å²) in [5.74, 6) is 2.13. The molecule has 0 spiro atoms. The highest BCUT2D eigenvalue weighted by Crippen LogP contribution is 2.28. The summed E-state index contributed by atoms with van der Waals surface area (Å²) in [4.78, 5) is 25.2. The number of rotatable bonds is 3. The van der Waals surface area contributed by atoms with Crippen molar-refractivity contribution in [3.8, 4) is 0 Å². The van der Waals surface area contributed by atoms with Gasteiger partial charge in [-0.25, -0.2) is 0 Å². The monoisotopic (exact) mass is 285 g/mol. The van der Waals surface area contributed by atoms with Gasteiger partial charge in [0.15, 0.2) is 0 Å². The number of likely N-dealkylation sites (tertiary alicyclic amines) is 1. The first-order chi connectivity index (χ1) is 9.08. The highest BCUT2D eigenvalue weighted by atomic mass is 32.2. The molecule has 0 aromatic heterocycles. The average Bonchev–Trinajstić information content (AvgIpc) is 2.39. The van der Waals surface area contributed by atoms with Crippen LogP contribution in [-0.2, 0) is 9.59 Å². The Hall–Kier alpha value is -0.710. The van der Waals surface area contributed by atoms with Crippen LogP contribution in [0.25, 0.3) is 0 Å². The first-order valence-electron chi connectivity index (χ1n) is 7.18. The molecule has 2 rings (SSSR count). The molecule has 1 amide bonds. The van der Waals surface area contributed by atoms with Crippen molar-refractivity contribution in [1.29, 1.82) is 0 Å². The van der Waals surface area contributed by atoms with Crippen molar-refractivity contribution in [2.75, 3.05) is 18.1 Å². The molecule has 0 radical (unpaired) electrons. The summed E-state index contributed by atoms with van der Waals surface area (Å²) in [7, 11) is 0. The molecule has 19 heavy (non-hydrogen) atoms. The predicted molar refractivity (Wildman–Crippen MR) is 76.2 cm³/mol. The zero-order valence-electron chi connectivity index (χ0n) is 11.5. The molecule has 2 aliphatic rings. The molecule has 0 saturated carbocycles. The minimum absolute atomic E-state index is 0.0697. The van der Waals surface area contributed by atoms with Crippen molar-refractivity contribution in [1.82, 2.24) is 4.90 Å². The Morgan fingerprint density at radius 3 is 2.53 bits per heavy atom. The van der Waals surface area contributed by atoms with Crippen LogP contribution in [0.3, 0.4) is 0 Å². The molecule has 2 heterocycles. The van der Waals surface area contributed by atoms with Gasteiger partial charge in [0.25, 0.3) is 0 Å². The second-order valence-electron chi connectivity index (χ2n) is 5.76. The van der Waals surface area contributed by atoms with Gasteiger partial charge in [-0.1, -0.05) is 0 Å². The van der Waals surface area contributed by atoms with E-state index >= 15 is 0 Å². The lowest BCUT2D eigenvalue weighted by Crippen LogP contribution is -2.46. The van der Waals surface area contributed by atoms with Crippen LogP contribution in [0.5, 0.6) is 0 Å². The molecular formula is C14H23NO3S. The maximum atomic E-state index is 12.3. The lowest BCUT2D eigenvalue weighted by Gasteiger charge is -2.37. The fraction of sp³-hybridized carbons (Fsp3) is 0.857. The van der Waals surface area contributed by atoms with E-state index in [-0.39, 0.29) is 17.9 Å². The van der Waals surface area contributed by atoms with Gasteiger partial charge in [0.1, 0.15) is 0 Å². The Morgan fingerprint density at radius 1 is 1.26 bits per heavy atom. The summed E-state index contributed by atoms with van der Waals surface area (Å²) in [6.07, 6.45) is 4.16. The Balaban J connectivity index is 1.84. The maximum Gasteiger partial charge on any atom is 0.306 e. The lowest BCUT2D eigenvalue weighted by atomic mass is 9.90. The van der Waals surface area contributed by atoms with Crippen LogP contribution in [0.15, 0.2) is 0 Å². The fourth-order valence-electron chi connectivity index (χ4n) is 3.08. The fourth-order valence-corrected chi connectivity index (χ4v) is 4.29. The number of carboxylic acids is 1. The van der Waals surface area contributed by atoms with Gasteiger partial charge < -0.3 is 10.0 Å². The molecule has 2 aliphatic heterocycles. The molecule has 0 aromatic carbocycles. The molecule has 0 bridgehead atoms. The first-order valence-corrected chi connectivity index (χ1v) is 8.33. The number of hydrogen-bond donors (Lipinski definition) is 1. The molecule has 2 atom stereocenters. The lowest BCUT2D eigenvalue weighted by molar-refractivity contribution is -0.147. The SMILES string of the molecule is CC1CC(C(=O)O)CCN1C(=O)CC1CCSCC1. The third kappa shape index (κ3) is 3.88. The molecule has 4 nitrogen and oxygen atoms in total. The summed E-state index contributed by atoms with van der Waals surface area (Å²) in [6, 6.07) is 0.0697. The third-order valence-corrected chi connectivity index (χ3v) is 5.40. The number of carbonyl (C=O) groups is 2. The third-order valence-electron chi connectivity index (χ3n) is 4.35. The summed E-state index contributed by atoms with van der Waals surface area (Å²) in [5.41, 5.74) is 0. The molecular weight excluding hydrogens is 262 g/mol. The quantitative estimate of drug-likeness (QED) is 0.864. The number of carboxylic acid groups (broad SMARTS) is 1. The molecule has 5 heteroatoms. The van der Waals surface area contributed by atoms with Gasteiger partial charge in [0.2, 0.25) is 5.91 Å². The van der Waals surface area contributed by atoms with Gasteiger partial charge in [-0.2, -0.15) is 11.8 Å². The zero-order chi connectivity index (χ0) is 13.8. The second kappa shape index (κ2) is 6.64. The van der Waals surface area contributed by atoms with Crippen LogP contribution in [0, 0.1) is 11.8 Å². The maximum absolute atomic E-state index is 12.3. The minimum atomic E-state index is -0.719. The van der Waals surface area contributed by atoms with Crippen LogP contribution in [-0.4, -0.2) is 46.0 Å². The Bertz CT molecular complexity index is 342. The highest BCUT2D eigenvalue weighted by Gasteiger charge is 2.32. The Morgan fingerprint density at radius 2 is 1.95 bits per heavy atom. The average molecular weight is 285 g/mol. The van der Waals surface area contributed by atoms with Crippen molar-refractivity contribution in [2.24, 2.45) is 11.8 Å². The van der Waals surface area contributed by atoms with Crippen LogP contribution in [0.2, 0.25) is 0 Å². The summed E-state index contributed by atoms with van der Waals surface area (Å²) in [5, 5.41) is 9.04. The van der Waals surface area contributed by atoms with E-state index in [1.807, 2.05) is 23.6 Å². The number of nitrogens with zero attached hydrogens (tertiary/aromatic N) is 1. The van der Waals surface area contributed by atoms with E-state index in [1.165, 1.54) is 11.5 Å². The molecule has 108 valence electrons. The predicted octanol–water partition coefficient (Wildman–Crippen LogP) is 2.23. The van der Waals surface area contributed by atoms with Gasteiger partial charge >= 0.3 is 5.97 Å². The van der Waals surface area contributed by atoms with Crippen LogP contribution in [0.4, 0.5) is 0 Å². The van der Waals surface area contributed by atoms with E-state index in [9.17, 15) is 9.59 Å².